The Morgan fingerprint density at radius 1 is 0.536 bits per heavy atom. The van der Waals surface area contributed by atoms with E-state index in [2.05, 4.69) is 104 Å². The second kappa shape index (κ2) is 5.36. The van der Waals surface area contributed by atoms with Gasteiger partial charge in [-0.25, -0.2) is 0 Å². The Balaban J connectivity index is 1.87. The van der Waals surface area contributed by atoms with Gasteiger partial charge in [0.2, 0.25) is 0 Å². The molecule has 5 aromatic carbocycles. The lowest BCUT2D eigenvalue weighted by atomic mass is 9.71. The third kappa shape index (κ3) is 1.91. The van der Waals surface area contributed by atoms with E-state index in [1.807, 2.05) is 0 Å². The van der Waals surface area contributed by atoms with Crippen LogP contribution >= 0.6 is 0 Å². The monoisotopic (exact) mass is 359 g/mol. The first-order valence-electron chi connectivity index (χ1n) is 9.89. The van der Waals surface area contributed by atoms with Crippen LogP contribution in [0.3, 0.4) is 0 Å². The molecule has 1 heterocycles. The summed E-state index contributed by atoms with van der Waals surface area (Å²) in [7, 11) is 0. The van der Waals surface area contributed by atoms with Crippen molar-refractivity contribution in [3.63, 3.8) is 0 Å². The number of fused-ring (bicyclic) bond motifs is 9. The summed E-state index contributed by atoms with van der Waals surface area (Å²) >= 11 is 0. The lowest BCUT2D eigenvalue weighted by molar-refractivity contribution is 0.645. The van der Waals surface area contributed by atoms with Crippen LogP contribution in [-0.4, -0.2) is 0 Å². The lowest BCUT2D eigenvalue weighted by Crippen LogP contribution is -2.26. The Bertz CT molecular complexity index is 1370. The van der Waals surface area contributed by atoms with Gasteiger partial charge >= 0.3 is 0 Å². The normalized spacial score (nSPS) is 14.6. The molecule has 5 aromatic rings. The van der Waals surface area contributed by atoms with Gasteiger partial charge in [0.25, 0.3) is 0 Å². The van der Waals surface area contributed by atoms with Crippen molar-refractivity contribution in [3.05, 3.63) is 96.1 Å². The summed E-state index contributed by atoms with van der Waals surface area (Å²) in [5, 5.41) is 11.7. The molecule has 0 saturated carbocycles. The van der Waals surface area contributed by atoms with Crippen molar-refractivity contribution in [1.82, 2.24) is 0 Å². The number of anilines is 2. The third-order valence-corrected chi connectivity index (χ3v) is 6.40. The molecule has 0 radical (unpaired) electrons. The molecule has 0 amide bonds. The van der Waals surface area contributed by atoms with Gasteiger partial charge in [0.05, 0.1) is 0 Å². The molecule has 6 rings (SSSR count). The highest BCUT2D eigenvalue weighted by Crippen LogP contribution is 2.50. The van der Waals surface area contributed by atoms with Crippen LogP contribution in [0.25, 0.3) is 32.3 Å². The van der Waals surface area contributed by atoms with Gasteiger partial charge in [0.1, 0.15) is 0 Å². The Kier molecular flexibility index (Phi) is 3.01. The number of hydrogen-bond donors (Lipinski definition) is 1. The van der Waals surface area contributed by atoms with E-state index in [-0.39, 0.29) is 5.41 Å². The number of hydrogen-bond acceptors (Lipinski definition) is 1. The van der Waals surface area contributed by atoms with Gasteiger partial charge in [-0.05, 0) is 55.6 Å². The summed E-state index contributed by atoms with van der Waals surface area (Å²) in [5.41, 5.74) is 5.10. The lowest BCUT2D eigenvalue weighted by Gasteiger charge is -2.37. The van der Waals surface area contributed by atoms with Gasteiger partial charge < -0.3 is 5.32 Å². The minimum absolute atomic E-state index is 0.0814. The van der Waals surface area contributed by atoms with Crippen molar-refractivity contribution < 1.29 is 0 Å². The zero-order valence-electron chi connectivity index (χ0n) is 16.1. The number of nitrogens with one attached hydrogen (secondary N) is 1. The molecule has 0 unspecified atom stereocenters. The van der Waals surface area contributed by atoms with Crippen LogP contribution in [0.2, 0.25) is 0 Å². The Morgan fingerprint density at radius 2 is 1.07 bits per heavy atom. The average Bonchev–Trinajstić information content (AvgIpc) is 2.73. The Labute approximate surface area is 164 Å². The standard InChI is InChI=1S/C27H21N/c1-27(2)22-13-7-8-14-23(22)28-24-16-15-21-19-11-4-3-9-17(19)18-10-5-6-12-20(18)25(21)26(24)27/h3-16,28H,1-2H3. The molecule has 0 aliphatic carbocycles. The van der Waals surface area contributed by atoms with Crippen LogP contribution in [-0.2, 0) is 5.41 Å². The van der Waals surface area contributed by atoms with Gasteiger partial charge in [0, 0.05) is 16.8 Å². The van der Waals surface area contributed by atoms with E-state index in [9.17, 15) is 0 Å². The average molecular weight is 359 g/mol. The molecule has 134 valence electrons. The molecule has 0 bridgehead atoms. The topological polar surface area (TPSA) is 12.0 Å². The largest absolute Gasteiger partial charge is 0.355 e. The summed E-state index contributed by atoms with van der Waals surface area (Å²) in [6.07, 6.45) is 0. The minimum Gasteiger partial charge on any atom is -0.355 e. The van der Waals surface area contributed by atoms with Crippen molar-refractivity contribution in [2.45, 2.75) is 19.3 Å². The summed E-state index contributed by atoms with van der Waals surface area (Å²) < 4.78 is 0. The van der Waals surface area contributed by atoms with Crippen molar-refractivity contribution in [1.29, 1.82) is 0 Å². The summed E-state index contributed by atoms with van der Waals surface area (Å²) in [6, 6.07) is 30.9. The first-order chi connectivity index (χ1) is 13.7. The first-order valence-corrected chi connectivity index (χ1v) is 9.89. The smallest absolute Gasteiger partial charge is 0.0432 e. The van der Waals surface area contributed by atoms with E-state index in [1.54, 1.807) is 0 Å². The highest BCUT2D eigenvalue weighted by molar-refractivity contribution is 6.27. The molecule has 0 saturated heterocycles. The van der Waals surface area contributed by atoms with Crippen LogP contribution in [0.5, 0.6) is 0 Å². The van der Waals surface area contributed by atoms with Gasteiger partial charge in [0.15, 0.2) is 0 Å². The quantitative estimate of drug-likeness (QED) is 0.282. The van der Waals surface area contributed by atoms with Gasteiger partial charge in [-0.15, -0.1) is 0 Å². The fraction of sp³-hybridized carbons (Fsp3) is 0.111. The van der Waals surface area contributed by atoms with E-state index in [4.69, 9.17) is 0 Å². The Hall–Kier alpha value is -3.32. The third-order valence-electron chi connectivity index (χ3n) is 6.40. The zero-order valence-corrected chi connectivity index (χ0v) is 16.1. The highest BCUT2D eigenvalue weighted by Gasteiger charge is 2.34. The maximum Gasteiger partial charge on any atom is 0.0432 e. The predicted octanol–water partition coefficient (Wildman–Crippen LogP) is 7.53. The number of para-hydroxylation sites is 1. The minimum atomic E-state index is -0.0814. The maximum absolute atomic E-state index is 3.70. The van der Waals surface area contributed by atoms with Crippen LogP contribution in [0.4, 0.5) is 11.4 Å². The fourth-order valence-corrected chi connectivity index (χ4v) is 5.17. The summed E-state index contributed by atoms with van der Waals surface area (Å²) in [5.74, 6) is 0. The van der Waals surface area contributed by atoms with Gasteiger partial charge in [-0.1, -0.05) is 86.6 Å². The molecule has 0 fully saturated rings. The van der Waals surface area contributed by atoms with Crippen LogP contribution in [0.15, 0.2) is 84.9 Å². The molecular formula is C27H21N. The summed E-state index contributed by atoms with van der Waals surface area (Å²) in [6.45, 7) is 4.71. The molecule has 0 atom stereocenters. The van der Waals surface area contributed by atoms with Crippen LogP contribution in [0, 0.1) is 0 Å². The van der Waals surface area contributed by atoms with Gasteiger partial charge in [-0.2, -0.15) is 0 Å². The second-order valence-electron chi connectivity index (χ2n) is 8.30. The van der Waals surface area contributed by atoms with E-state index in [1.165, 1.54) is 54.8 Å². The molecule has 28 heavy (non-hydrogen) atoms. The SMILES string of the molecule is CC1(C)c2ccccc2Nc2ccc3c4ccccc4c4ccccc4c3c21. The van der Waals surface area contributed by atoms with Crippen LogP contribution < -0.4 is 5.32 Å². The fourth-order valence-electron chi connectivity index (χ4n) is 5.17. The Morgan fingerprint density at radius 3 is 1.79 bits per heavy atom. The first kappa shape index (κ1) is 15.7. The molecule has 0 aromatic heterocycles. The molecule has 1 heteroatoms. The maximum atomic E-state index is 3.70. The molecule has 1 aliphatic heterocycles. The van der Waals surface area contributed by atoms with Crippen molar-refractivity contribution in [3.8, 4) is 0 Å². The molecular weight excluding hydrogens is 338 g/mol. The van der Waals surface area contributed by atoms with Crippen molar-refractivity contribution >= 4 is 43.7 Å². The number of rotatable bonds is 0. The highest BCUT2D eigenvalue weighted by atomic mass is 14.9. The number of benzene rings is 5. The summed E-state index contributed by atoms with van der Waals surface area (Å²) in [4.78, 5) is 0. The van der Waals surface area contributed by atoms with Crippen LogP contribution in [0.1, 0.15) is 25.0 Å². The van der Waals surface area contributed by atoms with Crippen molar-refractivity contribution in [2.24, 2.45) is 0 Å². The van der Waals surface area contributed by atoms with Crippen molar-refractivity contribution in [2.75, 3.05) is 5.32 Å². The zero-order chi connectivity index (χ0) is 18.9. The molecule has 1 aliphatic rings. The van der Waals surface area contributed by atoms with E-state index in [0.717, 1.165) is 0 Å². The van der Waals surface area contributed by atoms with E-state index in [0.29, 0.717) is 0 Å². The molecule has 1 nitrogen and oxygen atoms in total. The van der Waals surface area contributed by atoms with Gasteiger partial charge in [-0.3, -0.25) is 0 Å². The predicted molar refractivity (Wildman–Crippen MR) is 121 cm³/mol. The van der Waals surface area contributed by atoms with E-state index >= 15 is 0 Å². The second-order valence-corrected chi connectivity index (χ2v) is 8.30. The molecule has 0 spiro atoms. The van der Waals surface area contributed by atoms with E-state index < -0.39 is 0 Å². The molecule has 1 N–H and O–H groups in total.